The first-order valence-electron chi connectivity index (χ1n) is 8.80. The average Bonchev–Trinajstić information content (AvgIpc) is 2.73. The van der Waals surface area contributed by atoms with Gasteiger partial charge in [0, 0.05) is 29.6 Å². The normalized spacial score (nSPS) is 14.0. The highest BCUT2D eigenvalue weighted by atomic mass is 32.2. The third-order valence-electron chi connectivity index (χ3n) is 4.33. The van der Waals surface area contributed by atoms with E-state index in [9.17, 15) is 13.2 Å². The highest BCUT2D eigenvalue weighted by molar-refractivity contribution is 7.89. The van der Waals surface area contributed by atoms with E-state index in [1.165, 1.54) is 4.31 Å². The van der Waals surface area contributed by atoms with E-state index in [4.69, 9.17) is 0 Å². The summed E-state index contributed by atoms with van der Waals surface area (Å²) in [4.78, 5) is 12.4. The van der Waals surface area contributed by atoms with Gasteiger partial charge in [0.1, 0.15) is 0 Å². The summed E-state index contributed by atoms with van der Waals surface area (Å²) in [6.45, 7) is 2.51. The number of ketones is 1. The van der Waals surface area contributed by atoms with Crippen LogP contribution in [0.4, 0.5) is 5.69 Å². The molecule has 2 aromatic rings. The van der Waals surface area contributed by atoms with Crippen LogP contribution in [0.2, 0.25) is 0 Å². The van der Waals surface area contributed by atoms with Gasteiger partial charge in [0.25, 0.3) is 0 Å². The Morgan fingerprint density at radius 2 is 1.70 bits per heavy atom. The first-order chi connectivity index (χ1) is 13.0. The smallest absolute Gasteiger partial charge is 0.234 e. The molecule has 3 rings (SSSR count). The number of carbonyl (C=O) groups is 1. The molecule has 1 aliphatic heterocycles. The molecule has 2 aromatic carbocycles. The summed E-state index contributed by atoms with van der Waals surface area (Å²) in [6.07, 6.45) is 5.42. The highest BCUT2D eigenvalue weighted by Crippen LogP contribution is 2.16. The van der Waals surface area contributed by atoms with Crippen molar-refractivity contribution in [2.24, 2.45) is 0 Å². The molecule has 5 nitrogen and oxygen atoms in total. The van der Waals surface area contributed by atoms with Gasteiger partial charge >= 0.3 is 0 Å². The molecule has 0 bridgehead atoms. The molecule has 0 saturated carbocycles. The standard InChI is InChI=1S/C21H22N2O3S/c1-2-27(25,26)23-14-6-7-17(16-23)15-22-20-12-10-19(11-13-20)21(24)18-8-4-3-5-9-18/h3-13,16,22H,2,14-15H2,1H3. The number of sulfonamides is 1. The first-order valence-corrected chi connectivity index (χ1v) is 10.4. The van der Waals surface area contributed by atoms with E-state index in [0.717, 1.165) is 11.3 Å². The number of carbonyl (C=O) groups excluding carboxylic acids is 1. The van der Waals surface area contributed by atoms with Crippen LogP contribution in [0.15, 0.2) is 78.5 Å². The molecule has 0 saturated heterocycles. The summed E-state index contributed by atoms with van der Waals surface area (Å²) < 4.78 is 25.3. The van der Waals surface area contributed by atoms with Crippen molar-refractivity contribution < 1.29 is 13.2 Å². The maximum atomic E-state index is 12.4. The second kappa shape index (κ2) is 8.22. The number of rotatable bonds is 7. The number of hydrogen-bond acceptors (Lipinski definition) is 4. The van der Waals surface area contributed by atoms with Crippen LogP contribution in [0.25, 0.3) is 0 Å². The number of nitrogens with one attached hydrogen (secondary N) is 1. The van der Waals surface area contributed by atoms with Crippen molar-refractivity contribution in [3.63, 3.8) is 0 Å². The molecule has 1 aliphatic rings. The summed E-state index contributed by atoms with van der Waals surface area (Å²) in [7, 11) is -3.24. The first kappa shape index (κ1) is 18.9. The minimum Gasteiger partial charge on any atom is -0.381 e. The lowest BCUT2D eigenvalue weighted by Crippen LogP contribution is -2.30. The van der Waals surface area contributed by atoms with Crippen LogP contribution < -0.4 is 5.32 Å². The van der Waals surface area contributed by atoms with Gasteiger partial charge in [-0.05, 0) is 36.8 Å². The number of nitrogens with zero attached hydrogens (tertiary/aromatic N) is 1. The fraction of sp³-hybridized carbons (Fsp3) is 0.190. The van der Waals surface area contributed by atoms with Gasteiger partial charge in [-0.25, -0.2) is 8.42 Å². The van der Waals surface area contributed by atoms with Gasteiger partial charge in [0.05, 0.1) is 12.3 Å². The molecule has 0 unspecified atom stereocenters. The fourth-order valence-electron chi connectivity index (χ4n) is 2.75. The van der Waals surface area contributed by atoms with Crippen LogP contribution in [0, 0.1) is 0 Å². The molecule has 0 aliphatic carbocycles. The molecular weight excluding hydrogens is 360 g/mol. The van der Waals surface area contributed by atoms with Crippen molar-refractivity contribution in [1.82, 2.24) is 4.31 Å². The molecule has 0 amide bonds. The van der Waals surface area contributed by atoms with Crippen LogP contribution in [0.3, 0.4) is 0 Å². The van der Waals surface area contributed by atoms with E-state index in [1.54, 1.807) is 37.4 Å². The van der Waals surface area contributed by atoms with Gasteiger partial charge in [-0.15, -0.1) is 0 Å². The predicted molar refractivity (Wildman–Crippen MR) is 108 cm³/mol. The lowest BCUT2D eigenvalue weighted by atomic mass is 10.0. The summed E-state index contributed by atoms with van der Waals surface area (Å²) in [5.74, 6) is 0.0649. The van der Waals surface area contributed by atoms with Gasteiger partial charge in [0.15, 0.2) is 5.78 Å². The van der Waals surface area contributed by atoms with Crippen LogP contribution in [0.1, 0.15) is 22.8 Å². The summed E-state index contributed by atoms with van der Waals surface area (Å²) in [5, 5.41) is 3.26. The van der Waals surface area contributed by atoms with Crippen molar-refractivity contribution >= 4 is 21.5 Å². The van der Waals surface area contributed by atoms with Crippen LogP contribution in [-0.4, -0.2) is 37.3 Å². The van der Waals surface area contributed by atoms with Crippen molar-refractivity contribution in [2.75, 3.05) is 24.2 Å². The molecule has 0 radical (unpaired) electrons. The van der Waals surface area contributed by atoms with Gasteiger partial charge in [0.2, 0.25) is 10.0 Å². The molecule has 1 heterocycles. The monoisotopic (exact) mass is 382 g/mol. The Morgan fingerprint density at radius 3 is 2.37 bits per heavy atom. The van der Waals surface area contributed by atoms with E-state index < -0.39 is 10.0 Å². The lowest BCUT2D eigenvalue weighted by molar-refractivity contribution is 0.103. The molecule has 0 fully saturated rings. The van der Waals surface area contributed by atoms with E-state index in [0.29, 0.717) is 24.2 Å². The minimum absolute atomic E-state index is 0.0134. The third-order valence-corrected chi connectivity index (χ3v) is 6.03. The number of benzene rings is 2. The Labute approximate surface area is 160 Å². The molecule has 0 spiro atoms. The SMILES string of the molecule is CCS(=O)(=O)N1C=C(CNc2ccc(C(=O)c3ccccc3)cc2)C=CC1. The molecule has 6 heteroatoms. The van der Waals surface area contributed by atoms with Gasteiger partial charge < -0.3 is 5.32 Å². The molecule has 0 aromatic heterocycles. The maximum absolute atomic E-state index is 12.4. The largest absolute Gasteiger partial charge is 0.381 e. The van der Waals surface area contributed by atoms with Gasteiger partial charge in [-0.1, -0.05) is 42.5 Å². The highest BCUT2D eigenvalue weighted by Gasteiger charge is 2.17. The summed E-state index contributed by atoms with van der Waals surface area (Å²) in [5.41, 5.74) is 3.03. The Balaban J connectivity index is 1.64. The van der Waals surface area contributed by atoms with Crippen LogP contribution >= 0.6 is 0 Å². The zero-order valence-corrected chi connectivity index (χ0v) is 15.9. The molecule has 140 valence electrons. The predicted octanol–water partition coefficient (Wildman–Crippen LogP) is 3.43. The summed E-state index contributed by atoms with van der Waals surface area (Å²) in [6, 6.07) is 16.4. The Bertz CT molecular complexity index is 962. The zero-order chi connectivity index (χ0) is 19.3. The average molecular weight is 382 g/mol. The fourth-order valence-corrected chi connectivity index (χ4v) is 3.69. The van der Waals surface area contributed by atoms with E-state index in [-0.39, 0.29) is 11.5 Å². The third kappa shape index (κ3) is 4.65. The lowest BCUT2D eigenvalue weighted by Gasteiger charge is -2.22. The van der Waals surface area contributed by atoms with Gasteiger partial charge in [-0.3, -0.25) is 9.10 Å². The topological polar surface area (TPSA) is 66.5 Å². The Hall–Kier alpha value is -2.86. The minimum atomic E-state index is -3.24. The molecule has 27 heavy (non-hydrogen) atoms. The molecular formula is C21H22N2O3S. The van der Waals surface area contributed by atoms with Gasteiger partial charge in [-0.2, -0.15) is 0 Å². The quantitative estimate of drug-likeness (QED) is 0.745. The maximum Gasteiger partial charge on any atom is 0.234 e. The van der Waals surface area contributed by atoms with E-state index >= 15 is 0 Å². The van der Waals surface area contributed by atoms with Crippen molar-refractivity contribution in [3.05, 3.63) is 89.6 Å². The zero-order valence-electron chi connectivity index (χ0n) is 15.1. The van der Waals surface area contributed by atoms with Crippen molar-refractivity contribution in [1.29, 1.82) is 0 Å². The van der Waals surface area contributed by atoms with E-state index in [1.807, 2.05) is 42.5 Å². The summed E-state index contributed by atoms with van der Waals surface area (Å²) >= 11 is 0. The van der Waals surface area contributed by atoms with Crippen LogP contribution in [0.5, 0.6) is 0 Å². The van der Waals surface area contributed by atoms with Crippen molar-refractivity contribution in [3.8, 4) is 0 Å². The van der Waals surface area contributed by atoms with Crippen LogP contribution in [-0.2, 0) is 10.0 Å². The molecule has 1 N–H and O–H groups in total. The number of hydrogen-bond donors (Lipinski definition) is 1. The Morgan fingerprint density at radius 1 is 1.04 bits per heavy atom. The second-order valence-corrected chi connectivity index (χ2v) is 8.41. The number of anilines is 1. The molecule has 0 atom stereocenters. The van der Waals surface area contributed by atoms with E-state index in [2.05, 4.69) is 5.32 Å². The van der Waals surface area contributed by atoms with Crippen molar-refractivity contribution in [2.45, 2.75) is 6.92 Å². The Kier molecular flexibility index (Phi) is 5.76. The second-order valence-electron chi connectivity index (χ2n) is 6.20.